The van der Waals surface area contributed by atoms with E-state index in [2.05, 4.69) is 0 Å². The van der Waals surface area contributed by atoms with Crippen LogP contribution in [-0.4, -0.2) is 0 Å². The lowest BCUT2D eigenvalue weighted by Gasteiger charge is -2.06. The van der Waals surface area contributed by atoms with Gasteiger partial charge in [-0.15, -0.1) is 0 Å². The van der Waals surface area contributed by atoms with E-state index < -0.39 is 0 Å². The molecule has 0 spiro atoms. The summed E-state index contributed by atoms with van der Waals surface area (Å²) >= 11 is 0. The van der Waals surface area contributed by atoms with Crippen molar-refractivity contribution in [2.24, 2.45) is 5.73 Å². The molecule has 3 rings (SSSR count). The molecule has 3 aromatic rings. The Kier molecular flexibility index (Phi) is 2.49. The first kappa shape index (κ1) is 11.1. The number of hydrogen-bond acceptors (Lipinski definition) is 3. The van der Waals surface area contributed by atoms with Crippen LogP contribution in [0.5, 0.6) is 0 Å². The lowest BCUT2D eigenvalue weighted by molar-refractivity contribution is 0.504. The van der Waals surface area contributed by atoms with E-state index in [4.69, 9.17) is 14.6 Å². The molecule has 0 amide bonds. The van der Waals surface area contributed by atoms with Gasteiger partial charge >= 0.3 is 0 Å². The smallest absolute Gasteiger partial charge is 0.137 e. The third kappa shape index (κ3) is 1.64. The average Bonchev–Trinajstić information content (AvgIpc) is 2.95. The lowest BCUT2D eigenvalue weighted by Crippen LogP contribution is -2.10. The van der Waals surface area contributed by atoms with Crippen LogP contribution in [0.25, 0.3) is 11.0 Å². The summed E-state index contributed by atoms with van der Waals surface area (Å²) in [4.78, 5) is 0. The van der Waals surface area contributed by atoms with Crippen molar-refractivity contribution in [1.29, 1.82) is 0 Å². The van der Waals surface area contributed by atoms with E-state index >= 15 is 0 Å². The van der Waals surface area contributed by atoms with Gasteiger partial charge in [-0.25, -0.2) is 0 Å². The predicted molar refractivity (Wildman–Crippen MR) is 70.4 cm³/mol. The minimum atomic E-state index is -0.282. The van der Waals surface area contributed by atoms with E-state index in [0.29, 0.717) is 0 Å². The molecule has 2 aromatic heterocycles. The van der Waals surface area contributed by atoms with Gasteiger partial charge in [0.05, 0.1) is 12.3 Å². The van der Waals surface area contributed by atoms with E-state index in [-0.39, 0.29) is 6.04 Å². The second-order valence-electron chi connectivity index (χ2n) is 4.55. The molecule has 0 aliphatic heterocycles. The fraction of sp³-hybridized carbons (Fsp3) is 0.200. The number of hydrogen-bond donors (Lipinski definition) is 1. The molecule has 0 saturated heterocycles. The van der Waals surface area contributed by atoms with Gasteiger partial charge in [-0.05, 0) is 31.5 Å². The lowest BCUT2D eigenvalue weighted by atomic mass is 10.1. The number of nitrogens with two attached hydrogens (primary N) is 1. The molecule has 0 bridgehead atoms. The monoisotopic (exact) mass is 241 g/mol. The fourth-order valence-corrected chi connectivity index (χ4v) is 2.25. The fourth-order valence-electron chi connectivity index (χ4n) is 2.25. The average molecular weight is 241 g/mol. The zero-order valence-corrected chi connectivity index (χ0v) is 10.4. The third-order valence-electron chi connectivity index (χ3n) is 3.30. The number of aryl methyl sites for hydroxylation is 2. The molecule has 18 heavy (non-hydrogen) atoms. The Balaban J connectivity index is 2.10. The van der Waals surface area contributed by atoms with Crippen molar-refractivity contribution >= 4 is 11.0 Å². The molecule has 0 aliphatic rings. The number of fused-ring (bicyclic) bond motifs is 1. The van der Waals surface area contributed by atoms with E-state index in [1.165, 1.54) is 0 Å². The maximum atomic E-state index is 6.22. The highest BCUT2D eigenvalue weighted by molar-refractivity contribution is 5.81. The number of benzene rings is 1. The third-order valence-corrected chi connectivity index (χ3v) is 3.30. The Morgan fingerprint density at radius 3 is 2.67 bits per heavy atom. The number of furan rings is 2. The zero-order valence-electron chi connectivity index (χ0n) is 10.4. The summed E-state index contributed by atoms with van der Waals surface area (Å²) in [7, 11) is 0. The Labute approximate surface area is 105 Å². The van der Waals surface area contributed by atoms with Crippen LogP contribution in [0.3, 0.4) is 0 Å². The second-order valence-corrected chi connectivity index (χ2v) is 4.55. The molecule has 3 heteroatoms. The Morgan fingerprint density at radius 1 is 1.17 bits per heavy atom. The molecule has 0 aliphatic carbocycles. The summed E-state index contributed by atoms with van der Waals surface area (Å²) in [5.74, 6) is 1.60. The maximum Gasteiger partial charge on any atom is 0.137 e. The number of para-hydroxylation sites is 1. The number of rotatable bonds is 2. The zero-order chi connectivity index (χ0) is 12.7. The molecule has 0 fully saturated rings. The molecule has 0 radical (unpaired) electrons. The molecular formula is C15H15NO2. The van der Waals surface area contributed by atoms with E-state index in [1.807, 2.05) is 44.2 Å². The largest absolute Gasteiger partial charge is 0.469 e. The Bertz CT molecular complexity index is 693. The van der Waals surface area contributed by atoms with Crippen LogP contribution >= 0.6 is 0 Å². The van der Waals surface area contributed by atoms with E-state index in [0.717, 1.165) is 33.6 Å². The van der Waals surface area contributed by atoms with Gasteiger partial charge in [0.25, 0.3) is 0 Å². The van der Waals surface area contributed by atoms with Gasteiger partial charge < -0.3 is 14.6 Å². The summed E-state index contributed by atoms with van der Waals surface area (Å²) < 4.78 is 11.2. The summed E-state index contributed by atoms with van der Waals surface area (Å²) in [6.07, 6.45) is 1.65. The van der Waals surface area contributed by atoms with Crippen molar-refractivity contribution in [2.45, 2.75) is 19.9 Å². The van der Waals surface area contributed by atoms with Crippen molar-refractivity contribution in [1.82, 2.24) is 0 Å². The van der Waals surface area contributed by atoms with Crippen molar-refractivity contribution < 1.29 is 8.83 Å². The van der Waals surface area contributed by atoms with Crippen LogP contribution in [-0.2, 0) is 0 Å². The van der Waals surface area contributed by atoms with Crippen LogP contribution < -0.4 is 5.73 Å². The minimum absolute atomic E-state index is 0.282. The topological polar surface area (TPSA) is 52.3 Å². The minimum Gasteiger partial charge on any atom is -0.469 e. The summed E-state index contributed by atoms with van der Waals surface area (Å²) in [6, 6.07) is 9.69. The molecule has 2 N–H and O–H groups in total. The molecule has 2 heterocycles. The molecular weight excluding hydrogens is 226 g/mol. The highest BCUT2D eigenvalue weighted by atomic mass is 16.3. The first-order valence-corrected chi connectivity index (χ1v) is 5.95. The van der Waals surface area contributed by atoms with Crippen LogP contribution in [0, 0.1) is 13.8 Å². The van der Waals surface area contributed by atoms with Gasteiger partial charge in [0.2, 0.25) is 0 Å². The Hall–Kier alpha value is -2.00. The van der Waals surface area contributed by atoms with E-state index in [9.17, 15) is 0 Å². The molecule has 1 atom stereocenters. The van der Waals surface area contributed by atoms with Gasteiger partial charge in [0.1, 0.15) is 17.1 Å². The molecule has 0 saturated carbocycles. The highest BCUT2D eigenvalue weighted by Gasteiger charge is 2.18. The standard InChI is InChI=1S/C15H15NO2/c1-9-4-3-5-11-8-13(18-15(9)11)14(16)12-6-7-17-10(12)2/h3-8,14H,16H2,1-2H3. The Morgan fingerprint density at radius 2 is 2.00 bits per heavy atom. The first-order valence-electron chi connectivity index (χ1n) is 5.95. The van der Waals surface area contributed by atoms with E-state index in [1.54, 1.807) is 6.26 Å². The summed E-state index contributed by atoms with van der Waals surface area (Å²) in [5, 5.41) is 1.08. The summed E-state index contributed by atoms with van der Waals surface area (Å²) in [5.41, 5.74) is 9.21. The first-order chi connectivity index (χ1) is 8.66. The highest BCUT2D eigenvalue weighted by Crippen LogP contribution is 2.29. The molecule has 1 aromatic carbocycles. The predicted octanol–water partition coefficient (Wildman–Crippen LogP) is 3.69. The van der Waals surface area contributed by atoms with Crippen molar-refractivity contribution in [3.63, 3.8) is 0 Å². The SMILES string of the molecule is Cc1occc1C(N)c1cc2cccc(C)c2o1. The molecule has 3 nitrogen and oxygen atoms in total. The second kappa shape index (κ2) is 4.03. The molecule has 1 unspecified atom stereocenters. The van der Waals surface area contributed by atoms with Crippen molar-refractivity contribution in [3.05, 3.63) is 59.2 Å². The van der Waals surface area contributed by atoms with Gasteiger partial charge in [-0.2, -0.15) is 0 Å². The summed E-state index contributed by atoms with van der Waals surface area (Å²) in [6.45, 7) is 3.94. The van der Waals surface area contributed by atoms with Gasteiger partial charge in [0.15, 0.2) is 0 Å². The van der Waals surface area contributed by atoms with Crippen LogP contribution in [0.15, 0.2) is 45.4 Å². The quantitative estimate of drug-likeness (QED) is 0.744. The molecule has 92 valence electrons. The van der Waals surface area contributed by atoms with Crippen LogP contribution in [0.2, 0.25) is 0 Å². The normalized spacial score (nSPS) is 13.1. The van der Waals surface area contributed by atoms with Gasteiger partial charge in [-0.1, -0.05) is 18.2 Å². The maximum absolute atomic E-state index is 6.22. The van der Waals surface area contributed by atoms with Crippen LogP contribution in [0.1, 0.15) is 28.7 Å². The van der Waals surface area contributed by atoms with Crippen molar-refractivity contribution in [3.8, 4) is 0 Å². The van der Waals surface area contributed by atoms with Gasteiger partial charge in [0, 0.05) is 10.9 Å². The van der Waals surface area contributed by atoms with Crippen LogP contribution in [0.4, 0.5) is 0 Å². The van der Waals surface area contributed by atoms with Crippen molar-refractivity contribution in [2.75, 3.05) is 0 Å². The van der Waals surface area contributed by atoms with Gasteiger partial charge in [-0.3, -0.25) is 0 Å².